The number of carbonyl (C=O) groups excluding carboxylic acids is 2. The van der Waals surface area contributed by atoms with Crippen LogP contribution in [-0.2, 0) is 15.0 Å². The first-order valence-electron chi connectivity index (χ1n) is 8.85. The lowest BCUT2D eigenvalue weighted by atomic mass is 9.77. The van der Waals surface area contributed by atoms with Gasteiger partial charge < -0.3 is 10.0 Å². The van der Waals surface area contributed by atoms with Crippen molar-refractivity contribution in [1.82, 2.24) is 4.90 Å². The third-order valence-electron chi connectivity index (χ3n) is 5.61. The maximum Gasteiger partial charge on any atom is 0.463 e. The number of rotatable bonds is 2. The summed E-state index contributed by atoms with van der Waals surface area (Å²) in [5.41, 5.74) is -4.27. The van der Waals surface area contributed by atoms with Crippen LogP contribution in [0.25, 0.3) is 0 Å². The third-order valence-corrected chi connectivity index (χ3v) is 5.61. The molecule has 0 aliphatic carbocycles. The Kier molecular flexibility index (Phi) is 5.32. The van der Waals surface area contributed by atoms with Crippen LogP contribution in [0.4, 0.5) is 49.6 Å². The minimum atomic E-state index is -6.36. The number of amides is 2. The predicted octanol–water partition coefficient (Wildman–Crippen LogP) is 3.73. The highest BCUT2D eigenvalue weighted by Gasteiger charge is 2.70. The van der Waals surface area contributed by atoms with Gasteiger partial charge >= 0.3 is 36.0 Å². The third kappa shape index (κ3) is 3.19. The molecule has 2 atom stereocenters. The Balaban J connectivity index is 2.10. The first kappa shape index (κ1) is 24.8. The molecule has 0 bridgehead atoms. The van der Waals surface area contributed by atoms with Gasteiger partial charge in [-0.25, -0.2) is 0 Å². The van der Waals surface area contributed by atoms with E-state index in [1.807, 2.05) is 0 Å². The van der Waals surface area contributed by atoms with Gasteiger partial charge in [0.25, 0.3) is 0 Å². The number of nitrogens with zero attached hydrogens (tertiary/aromatic N) is 2. The van der Waals surface area contributed by atoms with Gasteiger partial charge in [-0.15, -0.1) is 0 Å². The maximum absolute atomic E-state index is 13.8. The lowest BCUT2D eigenvalue weighted by Gasteiger charge is -2.35. The highest BCUT2D eigenvalue weighted by atomic mass is 19.4. The summed E-state index contributed by atoms with van der Waals surface area (Å²) in [7, 11) is 0. The number of anilines is 1. The number of aliphatic hydroxyl groups is 1. The summed E-state index contributed by atoms with van der Waals surface area (Å²) in [6, 6.07) is 4.17. The second-order valence-electron chi connectivity index (χ2n) is 7.34. The number of alkyl halides is 10. The van der Waals surface area contributed by atoms with Gasteiger partial charge in [0.2, 0.25) is 0 Å². The first-order chi connectivity index (χ1) is 14.8. The van der Waals surface area contributed by atoms with Crippen LogP contribution in [0, 0.1) is 0 Å². The van der Waals surface area contributed by atoms with Crippen molar-refractivity contribution in [2.45, 2.75) is 42.3 Å². The van der Waals surface area contributed by atoms with E-state index >= 15 is 0 Å². The molecule has 0 saturated carbocycles. The van der Waals surface area contributed by atoms with Crippen molar-refractivity contribution < 1.29 is 58.6 Å². The summed E-state index contributed by atoms with van der Waals surface area (Å²) in [4.78, 5) is 23.6. The standard InChI is InChI=1S/C18H12F10N2O3/c1-8-14(6-7-29(8)12(32)15(19,20)17(23,24)25)9-4-2-3-5-10(9)30(11(14)31)13(33)16(21,22)18(26,27)28/h2-5,11,31H,1,6-7H2/t11-,14+/m0/s1. The Morgan fingerprint density at radius 1 is 0.909 bits per heavy atom. The predicted molar refractivity (Wildman–Crippen MR) is 89.1 cm³/mol. The molecule has 182 valence electrons. The minimum Gasteiger partial charge on any atom is -0.372 e. The van der Waals surface area contributed by atoms with Gasteiger partial charge in [0.05, 0.1) is 11.1 Å². The van der Waals surface area contributed by atoms with Gasteiger partial charge in [-0.05, 0) is 18.1 Å². The van der Waals surface area contributed by atoms with Crippen LogP contribution in [0.3, 0.4) is 0 Å². The van der Waals surface area contributed by atoms with E-state index in [9.17, 15) is 58.6 Å². The number of benzene rings is 1. The highest BCUT2D eigenvalue weighted by molar-refractivity contribution is 6.02. The number of fused-ring (bicyclic) bond motifs is 2. The molecule has 1 aromatic rings. The smallest absolute Gasteiger partial charge is 0.372 e. The van der Waals surface area contributed by atoms with Gasteiger partial charge in [0.1, 0.15) is 6.23 Å². The van der Waals surface area contributed by atoms with Gasteiger partial charge in [0, 0.05) is 12.2 Å². The van der Waals surface area contributed by atoms with E-state index in [-0.39, 0.29) is 15.4 Å². The molecule has 5 nitrogen and oxygen atoms in total. The number of hydrogen-bond acceptors (Lipinski definition) is 3. The molecule has 2 amide bonds. The Morgan fingerprint density at radius 2 is 1.39 bits per heavy atom. The van der Waals surface area contributed by atoms with Crippen LogP contribution in [-0.4, -0.2) is 58.8 Å². The van der Waals surface area contributed by atoms with Crippen LogP contribution in [0.15, 0.2) is 36.5 Å². The number of likely N-dealkylation sites (tertiary alicyclic amines) is 1. The molecule has 2 aliphatic heterocycles. The van der Waals surface area contributed by atoms with Crippen LogP contribution >= 0.6 is 0 Å². The zero-order chi connectivity index (χ0) is 25.4. The zero-order valence-corrected chi connectivity index (χ0v) is 15.9. The minimum absolute atomic E-state index is 0.136. The summed E-state index contributed by atoms with van der Waals surface area (Å²) >= 11 is 0. The molecule has 0 radical (unpaired) electrons. The highest BCUT2D eigenvalue weighted by Crippen LogP contribution is 2.56. The number of halogens is 10. The molecule has 1 saturated heterocycles. The van der Waals surface area contributed by atoms with E-state index in [4.69, 9.17) is 0 Å². The van der Waals surface area contributed by atoms with Crippen molar-refractivity contribution in [2.75, 3.05) is 11.4 Å². The van der Waals surface area contributed by atoms with Gasteiger partial charge in [-0.2, -0.15) is 43.9 Å². The molecular formula is C18H12F10N2O3. The fourth-order valence-corrected chi connectivity index (χ4v) is 3.94. The molecule has 0 aromatic heterocycles. The summed E-state index contributed by atoms with van der Waals surface area (Å²) in [5, 5.41) is 10.7. The average Bonchev–Trinajstić information content (AvgIpc) is 3.15. The van der Waals surface area contributed by atoms with E-state index in [0.29, 0.717) is 0 Å². The van der Waals surface area contributed by atoms with E-state index in [1.165, 1.54) is 6.07 Å². The van der Waals surface area contributed by atoms with Crippen molar-refractivity contribution in [1.29, 1.82) is 0 Å². The largest absolute Gasteiger partial charge is 0.463 e. The fourth-order valence-electron chi connectivity index (χ4n) is 3.94. The zero-order valence-electron chi connectivity index (χ0n) is 15.9. The van der Waals surface area contributed by atoms with Crippen molar-refractivity contribution >= 4 is 17.5 Å². The van der Waals surface area contributed by atoms with Crippen molar-refractivity contribution in [3.63, 3.8) is 0 Å². The Labute approximate surface area is 177 Å². The molecule has 1 fully saturated rings. The summed E-state index contributed by atoms with van der Waals surface area (Å²) in [6.45, 7) is 2.31. The summed E-state index contributed by atoms with van der Waals surface area (Å²) < 4.78 is 131. The fraction of sp³-hybridized carbons (Fsp3) is 0.444. The molecule has 15 heteroatoms. The maximum atomic E-state index is 13.8. The number of aliphatic hydroxyl groups excluding tert-OH is 1. The van der Waals surface area contributed by atoms with Crippen LogP contribution in [0.2, 0.25) is 0 Å². The molecule has 2 aliphatic rings. The van der Waals surface area contributed by atoms with Gasteiger partial charge in [-0.1, -0.05) is 24.8 Å². The molecular weight excluding hydrogens is 482 g/mol. The first-order valence-corrected chi connectivity index (χ1v) is 8.85. The van der Waals surface area contributed by atoms with E-state index in [0.717, 1.165) is 18.2 Å². The average molecular weight is 494 g/mol. The molecule has 3 rings (SSSR count). The number of hydrogen-bond donors (Lipinski definition) is 1. The molecule has 33 heavy (non-hydrogen) atoms. The van der Waals surface area contributed by atoms with Crippen LogP contribution < -0.4 is 4.90 Å². The SMILES string of the molecule is C=C1N(C(=O)C(F)(F)C(F)(F)F)CC[C@]12c1ccccc1N(C(=O)C(F)(F)C(F)(F)F)[C@H]2O. The molecule has 1 spiro atoms. The molecule has 1 N–H and O–H groups in total. The molecule has 0 unspecified atom stereocenters. The monoisotopic (exact) mass is 494 g/mol. The molecule has 2 heterocycles. The van der Waals surface area contributed by atoms with Crippen molar-refractivity contribution in [3.8, 4) is 0 Å². The second kappa shape index (κ2) is 7.08. The Bertz CT molecular complexity index is 1020. The van der Waals surface area contributed by atoms with Crippen molar-refractivity contribution in [2.24, 2.45) is 0 Å². The van der Waals surface area contributed by atoms with Gasteiger partial charge in [0.15, 0.2) is 0 Å². The topological polar surface area (TPSA) is 60.9 Å². The molecule has 1 aromatic carbocycles. The van der Waals surface area contributed by atoms with E-state index in [2.05, 4.69) is 6.58 Å². The Hall–Kier alpha value is -2.84. The number of carbonyl (C=O) groups is 2. The quantitative estimate of drug-likeness (QED) is 0.638. The Morgan fingerprint density at radius 3 is 1.91 bits per heavy atom. The van der Waals surface area contributed by atoms with Crippen molar-refractivity contribution in [3.05, 3.63) is 42.1 Å². The van der Waals surface area contributed by atoms with Crippen LogP contribution in [0.5, 0.6) is 0 Å². The van der Waals surface area contributed by atoms with E-state index in [1.54, 1.807) is 0 Å². The summed E-state index contributed by atoms with van der Waals surface area (Å²) in [5.74, 6) is -17.6. The van der Waals surface area contributed by atoms with Gasteiger partial charge in [-0.3, -0.25) is 14.5 Å². The lowest BCUT2D eigenvalue weighted by molar-refractivity contribution is -0.273. The number of para-hydroxylation sites is 1. The summed E-state index contributed by atoms with van der Waals surface area (Å²) in [6.07, 6.45) is -16.0. The van der Waals surface area contributed by atoms with Crippen LogP contribution in [0.1, 0.15) is 12.0 Å². The van der Waals surface area contributed by atoms with E-state index < -0.39 is 72.0 Å². The lowest BCUT2D eigenvalue weighted by Crippen LogP contribution is -2.57. The normalized spacial score (nSPS) is 24.0. The second-order valence-corrected chi connectivity index (χ2v) is 7.34.